The minimum absolute atomic E-state index is 0.0335. The van der Waals surface area contributed by atoms with Gasteiger partial charge >= 0.3 is 6.09 Å². The van der Waals surface area contributed by atoms with E-state index in [1.54, 1.807) is 4.90 Å². The number of benzene rings is 1. The highest BCUT2D eigenvalue weighted by atomic mass is 79.9. The summed E-state index contributed by atoms with van der Waals surface area (Å²) in [6.45, 7) is 9.16. The Bertz CT molecular complexity index is 792. The van der Waals surface area contributed by atoms with Gasteiger partial charge in [-0.25, -0.2) is 4.79 Å². The molecule has 0 radical (unpaired) electrons. The van der Waals surface area contributed by atoms with Crippen molar-refractivity contribution in [1.82, 2.24) is 9.80 Å². The number of carbonyl (C=O) groups excluding carboxylic acids is 1. The van der Waals surface area contributed by atoms with Gasteiger partial charge in [0, 0.05) is 35.7 Å². The van der Waals surface area contributed by atoms with Crippen molar-refractivity contribution in [3.63, 3.8) is 0 Å². The van der Waals surface area contributed by atoms with Crippen molar-refractivity contribution < 1.29 is 19.4 Å². The van der Waals surface area contributed by atoms with Crippen LogP contribution in [0.4, 0.5) is 4.79 Å². The van der Waals surface area contributed by atoms with Gasteiger partial charge in [-0.2, -0.15) is 0 Å². The van der Waals surface area contributed by atoms with Crippen LogP contribution in [-0.4, -0.2) is 65.8 Å². The highest BCUT2D eigenvalue weighted by molar-refractivity contribution is 9.15. The van der Waals surface area contributed by atoms with E-state index in [9.17, 15) is 14.7 Å². The highest BCUT2D eigenvalue weighted by Gasteiger charge is 2.37. The fraction of sp³-hybridized carbons (Fsp3) is 0.545. The van der Waals surface area contributed by atoms with E-state index in [0.717, 1.165) is 10.0 Å². The zero-order chi connectivity index (χ0) is 21.2. The average Bonchev–Trinajstić information content (AvgIpc) is 2.72. The molecule has 2 heterocycles. The van der Waals surface area contributed by atoms with Crippen LogP contribution in [-0.2, 0) is 4.74 Å². The number of ether oxygens (including phenoxy) is 1. The number of piperidine rings is 1. The number of likely N-dealkylation sites (tertiary alicyclic amines) is 1. The lowest BCUT2D eigenvalue weighted by molar-refractivity contribution is 0.0303. The number of amides is 2. The monoisotopic (exact) mass is 464 g/mol. The summed E-state index contributed by atoms with van der Waals surface area (Å²) < 4.78 is 6.31. The van der Waals surface area contributed by atoms with Crippen LogP contribution in [0.15, 0.2) is 29.8 Å². The van der Waals surface area contributed by atoms with Crippen LogP contribution >= 0.6 is 15.9 Å². The molecule has 158 valence electrons. The fourth-order valence-electron chi connectivity index (χ4n) is 3.97. The highest BCUT2D eigenvalue weighted by Crippen LogP contribution is 2.39. The van der Waals surface area contributed by atoms with E-state index in [-0.39, 0.29) is 17.4 Å². The second kappa shape index (κ2) is 8.88. The number of carboxylic acid groups (broad SMARTS) is 1. The van der Waals surface area contributed by atoms with Crippen molar-refractivity contribution in [3.8, 4) is 0 Å². The van der Waals surface area contributed by atoms with E-state index < -0.39 is 6.09 Å². The van der Waals surface area contributed by atoms with Gasteiger partial charge in [-0.05, 0) is 36.0 Å². The van der Waals surface area contributed by atoms with Gasteiger partial charge in [-0.3, -0.25) is 4.79 Å². The second-order valence-corrected chi connectivity index (χ2v) is 9.50. The van der Waals surface area contributed by atoms with Gasteiger partial charge in [0.1, 0.15) is 0 Å². The van der Waals surface area contributed by atoms with E-state index in [4.69, 9.17) is 4.74 Å². The number of nitrogens with zero attached hydrogens (tertiary/aromatic N) is 2. The number of hydrogen-bond donors (Lipinski definition) is 1. The summed E-state index contributed by atoms with van der Waals surface area (Å²) in [6, 6.07) is 7.57. The maximum Gasteiger partial charge on any atom is 0.407 e. The Morgan fingerprint density at radius 3 is 2.21 bits per heavy atom. The number of halogens is 1. The first kappa shape index (κ1) is 21.8. The Morgan fingerprint density at radius 2 is 1.66 bits per heavy atom. The quantitative estimate of drug-likeness (QED) is 0.701. The minimum Gasteiger partial charge on any atom is -0.465 e. The molecule has 3 rings (SSSR count). The third-order valence-corrected chi connectivity index (χ3v) is 6.73. The van der Waals surface area contributed by atoms with Crippen LogP contribution in [0.25, 0.3) is 4.48 Å². The van der Waals surface area contributed by atoms with E-state index in [0.29, 0.717) is 51.3 Å². The van der Waals surface area contributed by atoms with Crippen LogP contribution < -0.4 is 0 Å². The molecule has 0 aliphatic carbocycles. The predicted octanol–water partition coefficient (Wildman–Crippen LogP) is 4.45. The van der Waals surface area contributed by atoms with Crippen LogP contribution in [0.2, 0.25) is 0 Å². The molecule has 1 atom stereocenters. The SMILES string of the molecule is CC(C)(C)C1C/C(=C(/Br)c2ccc(C(=O)N3CCOCC3)cc2)CCN1C(=O)O. The van der Waals surface area contributed by atoms with Crippen molar-refractivity contribution in [2.45, 2.75) is 39.7 Å². The van der Waals surface area contributed by atoms with Gasteiger partial charge < -0.3 is 19.6 Å². The minimum atomic E-state index is -0.855. The van der Waals surface area contributed by atoms with Crippen molar-refractivity contribution in [3.05, 3.63) is 41.0 Å². The first-order chi connectivity index (χ1) is 13.7. The van der Waals surface area contributed by atoms with Crippen LogP contribution in [0.1, 0.15) is 49.5 Å². The normalized spacial score (nSPS) is 22.4. The number of carbonyl (C=O) groups is 2. The molecule has 2 fully saturated rings. The molecule has 7 heteroatoms. The molecule has 1 aromatic rings. The van der Waals surface area contributed by atoms with Gasteiger partial charge in [0.2, 0.25) is 0 Å². The summed E-state index contributed by atoms with van der Waals surface area (Å²) in [5, 5.41) is 9.56. The smallest absolute Gasteiger partial charge is 0.407 e. The van der Waals surface area contributed by atoms with E-state index >= 15 is 0 Å². The van der Waals surface area contributed by atoms with E-state index in [1.165, 1.54) is 5.57 Å². The molecule has 0 saturated carbocycles. The predicted molar refractivity (Wildman–Crippen MR) is 116 cm³/mol. The zero-order valence-corrected chi connectivity index (χ0v) is 18.9. The molecule has 2 amide bonds. The summed E-state index contributed by atoms with van der Waals surface area (Å²) in [5.74, 6) is 0.0335. The van der Waals surface area contributed by atoms with Crippen LogP contribution in [0, 0.1) is 5.41 Å². The van der Waals surface area contributed by atoms with Gasteiger partial charge in [0.15, 0.2) is 0 Å². The van der Waals surface area contributed by atoms with Crippen molar-refractivity contribution >= 4 is 32.4 Å². The summed E-state index contributed by atoms with van der Waals surface area (Å²) in [4.78, 5) is 27.6. The van der Waals surface area contributed by atoms with Crippen molar-refractivity contribution in [2.24, 2.45) is 5.41 Å². The molecular formula is C22H29BrN2O4. The topological polar surface area (TPSA) is 70.1 Å². The van der Waals surface area contributed by atoms with E-state index in [2.05, 4.69) is 36.7 Å². The third kappa shape index (κ3) is 5.01. The summed E-state index contributed by atoms with van der Waals surface area (Å²) in [7, 11) is 0. The summed E-state index contributed by atoms with van der Waals surface area (Å²) >= 11 is 3.74. The molecule has 1 aromatic carbocycles. The third-order valence-electron chi connectivity index (χ3n) is 5.71. The molecule has 2 aliphatic rings. The molecular weight excluding hydrogens is 436 g/mol. The Labute approximate surface area is 180 Å². The summed E-state index contributed by atoms with van der Waals surface area (Å²) in [5.41, 5.74) is 2.75. The molecule has 1 N–H and O–H groups in total. The molecule has 6 nitrogen and oxygen atoms in total. The molecule has 1 unspecified atom stereocenters. The van der Waals surface area contributed by atoms with Crippen molar-refractivity contribution in [1.29, 1.82) is 0 Å². The maximum atomic E-state index is 12.6. The Balaban J connectivity index is 1.78. The molecule has 2 saturated heterocycles. The molecule has 0 spiro atoms. The largest absolute Gasteiger partial charge is 0.465 e. The number of hydrogen-bond acceptors (Lipinski definition) is 3. The average molecular weight is 465 g/mol. The molecule has 0 bridgehead atoms. The first-order valence-corrected chi connectivity index (χ1v) is 10.8. The van der Waals surface area contributed by atoms with Crippen LogP contribution in [0.5, 0.6) is 0 Å². The molecule has 29 heavy (non-hydrogen) atoms. The molecule has 0 aromatic heterocycles. The Morgan fingerprint density at radius 1 is 1.07 bits per heavy atom. The Kier molecular flexibility index (Phi) is 6.69. The fourth-order valence-corrected chi connectivity index (χ4v) is 4.60. The van der Waals surface area contributed by atoms with E-state index in [1.807, 2.05) is 29.2 Å². The van der Waals surface area contributed by atoms with Crippen molar-refractivity contribution in [2.75, 3.05) is 32.8 Å². The lowest BCUT2D eigenvalue weighted by Crippen LogP contribution is -2.50. The van der Waals surface area contributed by atoms with Gasteiger partial charge in [0.25, 0.3) is 5.91 Å². The maximum absolute atomic E-state index is 12.6. The number of morpholine rings is 1. The van der Waals surface area contributed by atoms with Gasteiger partial charge in [-0.1, -0.05) is 54.4 Å². The molecule has 2 aliphatic heterocycles. The zero-order valence-electron chi connectivity index (χ0n) is 17.3. The van der Waals surface area contributed by atoms with Gasteiger partial charge in [-0.15, -0.1) is 0 Å². The second-order valence-electron chi connectivity index (χ2n) is 8.71. The number of rotatable bonds is 2. The Hall–Kier alpha value is -1.86. The van der Waals surface area contributed by atoms with Gasteiger partial charge in [0.05, 0.1) is 13.2 Å². The standard InChI is InChI=1S/C22H29BrN2O4/c1-22(2,3)18-14-17(8-9-25(18)21(27)28)19(23)15-4-6-16(7-5-15)20(26)24-10-12-29-13-11-24/h4-7,18H,8-14H2,1-3H3,(H,27,28)/b19-17+. The lowest BCUT2D eigenvalue weighted by Gasteiger charge is -2.43. The first-order valence-electron chi connectivity index (χ1n) is 10.0. The summed E-state index contributed by atoms with van der Waals surface area (Å²) in [6.07, 6.45) is 0.546. The van der Waals surface area contributed by atoms with Crippen LogP contribution in [0.3, 0.4) is 0 Å². The lowest BCUT2D eigenvalue weighted by atomic mass is 9.79.